The minimum Gasteiger partial charge on any atom is -0.481 e. The minimum atomic E-state index is -0.822. The Hall–Kier alpha value is -1.30. The highest BCUT2D eigenvalue weighted by atomic mass is 16.4. The van der Waals surface area contributed by atoms with E-state index in [1.807, 2.05) is 0 Å². The van der Waals surface area contributed by atoms with Crippen LogP contribution < -0.4 is 0 Å². The van der Waals surface area contributed by atoms with Crippen molar-refractivity contribution in [2.75, 3.05) is 26.7 Å². The molecule has 2 amide bonds. The number of piperidine rings is 1. The van der Waals surface area contributed by atoms with E-state index in [2.05, 4.69) is 0 Å². The van der Waals surface area contributed by atoms with Gasteiger partial charge >= 0.3 is 12.0 Å². The molecule has 1 heterocycles. The monoisotopic (exact) mass is 300 g/mol. The molecule has 6 heteroatoms. The third-order valence-electron chi connectivity index (χ3n) is 4.47. The predicted molar refractivity (Wildman–Crippen MR) is 80.0 cm³/mol. The summed E-state index contributed by atoms with van der Waals surface area (Å²) in [5.74, 6) is -0.845. The van der Waals surface area contributed by atoms with E-state index in [-0.39, 0.29) is 11.9 Å². The number of likely N-dealkylation sites (tertiary alicyclic amines) is 1. The molecule has 0 aliphatic carbocycles. The summed E-state index contributed by atoms with van der Waals surface area (Å²) < 4.78 is 0. The van der Waals surface area contributed by atoms with Crippen LogP contribution in [0.5, 0.6) is 0 Å². The third kappa shape index (κ3) is 4.59. The maximum atomic E-state index is 12.4. The van der Waals surface area contributed by atoms with Gasteiger partial charge in [0.25, 0.3) is 0 Å². The number of carbonyl (C=O) groups is 2. The highest BCUT2D eigenvalue weighted by Crippen LogP contribution is 2.34. The number of carbonyl (C=O) groups excluding carboxylic acids is 1. The molecule has 0 aromatic heterocycles. The molecule has 122 valence electrons. The van der Waals surface area contributed by atoms with Crippen molar-refractivity contribution in [2.24, 2.45) is 11.3 Å². The molecule has 2 atom stereocenters. The number of carboxylic acid groups (broad SMARTS) is 1. The van der Waals surface area contributed by atoms with E-state index >= 15 is 0 Å². The molecule has 0 aromatic carbocycles. The van der Waals surface area contributed by atoms with Gasteiger partial charge in [-0.05, 0) is 46.0 Å². The van der Waals surface area contributed by atoms with Crippen LogP contribution in [0.4, 0.5) is 4.79 Å². The Balaban J connectivity index is 2.63. The van der Waals surface area contributed by atoms with Crippen molar-refractivity contribution in [1.29, 1.82) is 0 Å². The smallest absolute Gasteiger partial charge is 0.319 e. The number of urea groups is 1. The first kappa shape index (κ1) is 17.8. The maximum absolute atomic E-state index is 12.4. The van der Waals surface area contributed by atoms with Crippen molar-refractivity contribution >= 4 is 12.0 Å². The van der Waals surface area contributed by atoms with Crippen molar-refractivity contribution in [2.45, 2.75) is 46.1 Å². The number of hydrogen-bond donors (Lipinski definition) is 2. The fourth-order valence-corrected chi connectivity index (χ4v) is 2.63. The van der Waals surface area contributed by atoms with Crippen LogP contribution in [0, 0.1) is 11.3 Å². The Labute approximate surface area is 126 Å². The fraction of sp³-hybridized carbons (Fsp3) is 0.867. The average Bonchev–Trinajstić information content (AvgIpc) is 2.43. The third-order valence-corrected chi connectivity index (χ3v) is 4.47. The van der Waals surface area contributed by atoms with E-state index in [1.54, 1.807) is 37.6 Å². The number of aliphatic hydroxyl groups is 1. The van der Waals surface area contributed by atoms with E-state index in [0.717, 1.165) is 12.8 Å². The zero-order valence-electron chi connectivity index (χ0n) is 13.5. The number of carboxylic acids is 1. The normalized spacial score (nSPS) is 21.0. The Morgan fingerprint density at radius 1 is 1.43 bits per heavy atom. The summed E-state index contributed by atoms with van der Waals surface area (Å²) in [6.45, 7) is 6.81. The zero-order chi connectivity index (χ0) is 16.2. The number of rotatable bonds is 5. The first-order valence-corrected chi connectivity index (χ1v) is 7.57. The van der Waals surface area contributed by atoms with Gasteiger partial charge in [-0.3, -0.25) is 4.79 Å². The quantitative estimate of drug-likeness (QED) is 0.808. The van der Waals surface area contributed by atoms with Crippen LogP contribution >= 0.6 is 0 Å². The molecule has 1 aliphatic rings. The number of nitrogens with zero attached hydrogens (tertiary/aromatic N) is 2. The zero-order valence-corrected chi connectivity index (χ0v) is 13.5. The average molecular weight is 300 g/mol. The maximum Gasteiger partial charge on any atom is 0.319 e. The molecular formula is C15H28N2O4. The van der Waals surface area contributed by atoms with Gasteiger partial charge in [-0.2, -0.15) is 0 Å². The van der Waals surface area contributed by atoms with Crippen molar-refractivity contribution in [3.63, 3.8) is 0 Å². The van der Waals surface area contributed by atoms with Crippen LogP contribution in [0.1, 0.15) is 40.0 Å². The summed E-state index contributed by atoms with van der Waals surface area (Å²) in [6, 6.07) is -0.0819. The Morgan fingerprint density at radius 2 is 2.05 bits per heavy atom. The minimum absolute atomic E-state index is 0.0298. The van der Waals surface area contributed by atoms with Crippen molar-refractivity contribution < 1.29 is 19.8 Å². The molecule has 1 fully saturated rings. The van der Waals surface area contributed by atoms with E-state index in [0.29, 0.717) is 26.1 Å². The van der Waals surface area contributed by atoms with E-state index < -0.39 is 17.5 Å². The molecule has 1 rings (SSSR count). The first-order chi connectivity index (χ1) is 9.66. The van der Waals surface area contributed by atoms with Crippen LogP contribution in [0.2, 0.25) is 0 Å². The standard InChI is InChI=1S/C15H28N2O4/c1-11(18)7-9-16(4)14(21)17-8-5-6-12(10-17)15(2,3)13(19)20/h11-12,18H,5-10H2,1-4H3,(H,19,20). The van der Waals surface area contributed by atoms with Crippen LogP contribution in [0.3, 0.4) is 0 Å². The molecule has 0 bridgehead atoms. The van der Waals surface area contributed by atoms with E-state index in [4.69, 9.17) is 0 Å². The SMILES string of the molecule is CC(O)CCN(C)C(=O)N1CCCC(C(C)(C)C(=O)O)C1. The largest absolute Gasteiger partial charge is 0.481 e. The van der Waals surface area contributed by atoms with Crippen LogP contribution in [0.25, 0.3) is 0 Å². The first-order valence-electron chi connectivity index (χ1n) is 7.57. The summed E-state index contributed by atoms with van der Waals surface area (Å²) in [5.41, 5.74) is -0.822. The van der Waals surface area contributed by atoms with Crippen molar-refractivity contribution in [3.8, 4) is 0 Å². The van der Waals surface area contributed by atoms with Crippen molar-refractivity contribution in [3.05, 3.63) is 0 Å². The summed E-state index contributed by atoms with van der Waals surface area (Å²) in [4.78, 5) is 27.1. The lowest BCUT2D eigenvalue weighted by Crippen LogP contribution is -2.50. The lowest BCUT2D eigenvalue weighted by Gasteiger charge is -2.40. The molecule has 0 saturated carbocycles. The Morgan fingerprint density at radius 3 is 2.57 bits per heavy atom. The summed E-state index contributed by atoms with van der Waals surface area (Å²) in [5, 5.41) is 18.6. The summed E-state index contributed by atoms with van der Waals surface area (Å²) >= 11 is 0. The lowest BCUT2D eigenvalue weighted by molar-refractivity contribution is -0.151. The number of hydrogen-bond acceptors (Lipinski definition) is 3. The van der Waals surface area contributed by atoms with Crippen molar-refractivity contribution in [1.82, 2.24) is 9.80 Å². The fourth-order valence-electron chi connectivity index (χ4n) is 2.63. The van der Waals surface area contributed by atoms with Gasteiger partial charge in [-0.15, -0.1) is 0 Å². The molecule has 1 aliphatic heterocycles. The van der Waals surface area contributed by atoms with Gasteiger partial charge in [-0.25, -0.2) is 4.79 Å². The molecule has 1 saturated heterocycles. The highest BCUT2D eigenvalue weighted by molar-refractivity contribution is 5.76. The topological polar surface area (TPSA) is 81.1 Å². The second-order valence-corrected chi connectivity index (χ2v) is 6.65. The Kier molecular flexibility index (Phi) is 6.01. The molecular weight excluding hydrogens is 272 g/mol. The second-order valence-electron chi connectivity index (χ2n) is 6.65. The van der Waals surface area contributed by atoms with Gasteiger partial charge < -0.3 is 20.0 Å². The predicted octanol–water partition coefficient (Wildman–Crippen LogP) is 1.63. The van der Waals surface area contributed by atoms with E-state index in [9.17, 15) is 19.8 Å². The molecule has 6 nitrogen and oxygen atoms in total. The van der Waals surface area contributed by atoms with Gasteiger partial charge in [0.1, 0.15) is 0 Å². The highest BCUT2D eigenvalue weighted by Gasteiger charge is 2.40. The molecule has 0 spiro atoms. The Bertz CT molecular complexity index is 382. The summed E-state index contributed by atoms with van der Waals surface area (Å²) in [6.07, 6.45) is 1.78. The van der Waals surface area contributed by atoms with Crippen LogP contribution in [-0.4, -0.2) is 64.8 Å². The number of aliphatic hydroxyl groups excluding tert-OH is 1. The van der Waals surface area contributed by atoms with E-state index in [1.165, 1.54) is 0 Å². The van der Waals surface area contributed by atoms with Gasteiger partial charge in [0.05, 0.1) is 11.5 Å². The molecule has 2 unspecified atom stereocenters. The van der Waals surface area contributed by atoms with Crippen LogP contribution in [-0.2, 0) is 4.79 Å². The number of amides is 2. The van der Waals surface area contributed by atoms with Gasteiger partial charge in [0.15, 0.2) is 0 Å². The molecule has 21 heavy (non-hydrogen) atoms. The second kappa shape index (κ2) is 7.11. The molecule has 0 aromatic rings. The van der Waals surface area contributed by atoms with Crippen LogP contribution in [0.15, 0.2) is 0 Å². The van der Waals surface area contributed by atoms with Gasteiger partial charge in [-0.1, -0.05) is 0 Å². The number of aliphatic carboxylic acids is 1. The van der Waals surface area contributed by atoms with Gasteiger partial charge in [0, 0.05) is 26.7 Å². The molecule has 0 radical (unpaired) electrons. The van der Waals surface area contributed by atoms with Gasteiger partial charge in [0.2, 0.25) is 0 Å². The molecule has 2 N–H and O–H groups in total. The lowest BCUT2D eigenvalue weighted by atomic mass is 9.74. The summed E-state index contributed by atoms with van der Waals surface area (Å²) in [7, 11) is 1.72.